The highest BCUT2D eigenvalue weighted by atomic mass is 35.5. The third-order valence-corrected chi connectivity index (χ3v) is 5.34. The maximum absolute atomic E-state index is 13.5. The predicted molar refractivity (Wildman–Crippen MR) is 123 cm³/mol. The van der Waals surface area contributed by atoms with Gasteiger partial charge in [0, 0.05) is 17.6 Å². The molecular formula is C23H20ClN5O2. The number of Topliss-reactive ketones (excluding diaryl/α,β-unsaturated/α-hetero) is 1. The Bertz CT molecular complexity index is 1350. The number of carbonyl (C=O) groups excluding carboxylic acids is 1. The molecule has 0 saturated carbocycles. The van der Waals surface area contributed by atoms with Crippen molar-refractivity contribution < 1.29 is 4.79 Å². The number of hydrogen-bond acceptors (Lipinski definition) is 6. The number of nitrogens with zero attached hydrogens (tertiary/aromatic N) is 3. The Morgan fingerprint density at radius 3 is 2.61 bits per heavy atom. The van der Waals surface area contributed by atoms with Gasteiger partial charge in [0.15, 0.2) is 5.78 Å². The smallest absolute Gasteiger partial charge is 0.264 e. The van der Waals surface area contributed by atoms with Crippen LogP contribution < -0.4 is 16.6 Å². The molecule has 0 spiro atoms. The monoisotopic (exact) mass is 433 g/mol. The second-order valence-electron chi connectivity index (χ2n) is 7.16. The zero-order chi connectivity index (χ0) is 22.1. The van der Waals surface area contributed by atoms with Crippen molar-refractivity contribution in [1.82, 2.24) is 14.5 Å². The van der Waals surface area contributed by atoms with Crippen molar-refractivity contribution in [3.63, 3.8) is 0 Å². The summed E-state index contributed by atoms with van der Waals surface area (Å²) in [4.78, 5) is 33.6. The summed E-state index contributed by atoms with van der Waals surface area (Å²) in [6.07, 6.45) is 1.39. The van der Waals surface area contributed by atoms with Crippen molar-refractivity contribution in [2.45, 2.75) is 19.9 Å². The van der Waals surface area contributed by atoms with Crippen molar-refractivity contribution >= 4 is 39.9 Å². The van der Waals surface area contributed by atoms with Crippen LogP contribution in [0.25, 0.3) is 16.5 Å². The van der Waals surface area contributed by atoms with Crippen LogP contribution in [0.3, 0.4) is 0 Å². The van der Waals surface area contributed by atoms with Crippen molar-refractivity contribution in [2.24, 2.45) is 0 Å². The lowest BCUT2D eigenvalue weighted by Gasteiger charge is -2.22. The van der Waals surface area contributed by atoms with Crippen LogP contribution in [-0.4, -0.2) is 20.3 Å². The lowest BCUT2D eigenvalue weighted by atomic mass is 10.1. The molecule has 4 aromatic rings. The van der Waals surface area contributed by atoms with E-state index in [1.54, 1.807) is 16.7 Å². The maximum Gasteiger partial charge on any atom is 0.264 e. The molecule has 8 heteroatoms. The molecule has 0 unspecified atom stereocenters. The number of carbonyl (C=O) groups is 1. The van der Waals surface area contributed by atoms with Gasteiger partial charge in [-0.2, -0.15) is 4.98 Å². The third-order valence-electron chi connectivity index (χ3n) is 5.02. The van der Waals surface area contributed by atoms with Crippen LogP contribution in [0.2, 0.25) is 5.02 Å². The predicted octanol–water partition coefficient (Wildman–Crippen LogP) is 4.39. The lowest BCUT2D eigenvalue weighted by Crippen LogP contribution is -2.26. The van der Waals surface area contributed by atoms with E-state index in [9.17, 15) is 9.59 Å². The quantitative estimate of drug-likeness (QED) is 0.452. The van der Waals surface area contributed by atoms with Gasteiger partial charge in [-0.15, -0.1) is 0 Å². The Hall–Kier alpha value is -3.71. The van der Waals surface area contributed by atoms with Crippen LogP contribution in [-0.2, 0) is 0 Å². The summed E-state index contributed by atoms with van der Waals surface area (Å²) in [7, 11) is 0. The molecule has 0 aliphatic heterocycles. The second kappa shape index (κ2) is 8.20. The number of ketones is 1. The SMILES string of the molecule is CC(=O)c1cnc(N)nc1N[C@@H](C)c1cc2cccc(Cl)c2c(=O)n1-c1ccccc1. The van der Waals surface area contributed by atoms with Crippen molar-refractivity contribution in [1.29, 1.82) is 0 Å². The van der Waals surface area contributed by atoms with Gasteiger partial charge >= 0.3 is 0 Å². The van der Waals surface area contributed by atoms with E-state index in [4.69, 9.17) is 17.3 Å². The van der Waals surface area contributed by atoms with Crippen molar-refractivity contribution in [2.75, 3.05) is 11.1 Å². The highest BCUT2D eigenvalue weighted by Crippen LogP contribution is 2.27. The first kappa shape index (κ1) is 20.6. The van der Waals surface area contributed by atoms with E-state index in [1.165, 1.54) is 13.1 Å². The number of pyridine rings is 1. The van der Waals surface area contributed by atoms with E-state index in [-0.39, 0.29) is 17.3 Å². The van der Waals surface area contributed by atoms with Gasteiger partial charge in [0.2, 0.25) is 5.95 Å². The molecule has 0 fully saturated rings. The number of anilines is 2. The van der Waals surface area contributed by atoms with Crippen molar-refractivity contribution in [3.8, 4) is 5.69 Å². The van der Waals surface area contributed by atoms with Crippen LogP contribution in [0.5, 0.6) is 0 Å². The highest BCUT2D eigenvalue weighted by molar-refractivity contribution is 6.35. The van der Waals surface area contributed by atoms with E-state index in [0.717, 1.165) is 5.39 Å². The first-order chi connectivity index (χ1) is 14.9. The molecule has 0 aliphatic rings. The molecule has 2 aromatic carbocycles. The summed E-state index contributed by atoms with van der Waals surface area (Å²) in [5.41, 5.74) is 7.20. The Balaban J connectivity index is 1.92. The van der Waals surface area contributed by atoms with E-state index in [0.29, 0.717) is 33.2 Å². The van der Waals surface area contributed by atoms with Gasteiger partial charge in [-0.05, 0) is 43.5 Å². The third kappa shape index (κ3) is 3.87. The van der Waals surface area contributed by atoms with Crippen LogP contribution in [0.15, 0.2) is 65.6 Å². The molecule has 3 N–H and O–H groups in total. The average molecular weight is 434 g/mol. The number of halogens is 1. The van der Waals surface area contributed by atoms with Gasteiger partial charge in [0.25, 0.3) is 5.56 Å². The number of nitrogens with two attached hydrogens (primary N) is 1. The number of fused-ring (bicyclic) bond motifs is 1. The molecule has 2 heterocycles. The van der Waals surface area contributed by atoms with E-state index < -0.39 is 6.04 Å². The molecule has 4 rings (SSSR count). The highest BCUT2D eigenvalue weighted by Gasteiger charge is 2.20. The van der Waals surface area contributed by atoms with Crippen molar-refractivity contribution in [3.05, 3.63) is 87.4 Å². The summed E-state index contributed by atoms with van der Waals surface area (Å²) in [5.74, 6) is 0.164. The number of nitrogen functional groups attached to an aromatic ring is 1. The van der Waals surface area contributed by atoms with Gasteiger partial charge in [-0.25, -0.2) is 4.98 Å². The number of benzene rings is 2. The topological polar surface area (TPSA) is 103 Å². The molecule has 31 heavy (non-hydrogen) atoms. The normalized spacial score (nSPS) is 12.0. The number of nitrogens with one attached hydrogen (secondary N) is 1. The van der Waals surface area contributed by atoms with Gasteiger partial charge in [-0.1, -0.05) is 41.9 Å². The Morgan fingerprint density at radius 2 is 1.90 bits per heavy atom. The molecule has 0 saturated heterocycles. The summed E-state index contributed by atoms with van der Waals surface area (Å²) >= 11 is 6.36. The summed E-state index contributed by atoms with van der Waals surface area (Å²) in [5, 5.41) is 4.78. The molecule has 7 nitrogen and oxygen atoms in total. The largest absolute Gasteiger partial charge is 0.368 e. The fraction of sp³-hybridized carbons (Fsp3) is 0.130. The Morgan fingerprint density at radius 1 is 1.16 bits per heavy atom. The Labute approximate surface area is 183 Å². The molecule has 0 amide bonds. The first-order valence-corrected chi connectivity index (χ1v) is 10.0. The van der Waals surface area contributed by atoms with Crippen LogP contribution >= 0.6 is 11.6 Å². The molecule has 156 valence electrons. The van der Waals surface area contributed by atoms with Gasteiger partial charge in [-0.3, -0.25) is 14.2 Å². The number of hydrogen-bond donors (Lipinski definition) is 2. The van der Waals surface area contributed by atoms with Gasteiger partial charge in [0.1, 0.15) is 5.82 Å². The number of aromatic nitrogens is 3. The van der Waals surface area contributed by atoms with E-state index >= 15 is 0 Å². The molecule has 0 bridgehead atoms. The van der Waals surface area contributed by atoms with E-state index in [1.807, 2.05) is 49.4 Å². The molecule has 2 aromatic heterocycles. The minimum absolute atomic E-state index is 0.0467. The maximum atomic E-state index is 13.5. The molecule has 1 atom stereocenters. The average Bonchev–Trinajstić information content (AvgIpc) is 2.74. The fourth-order valence-corrected chi connectivity index (χ4v) is 3.81. The lowest BCUT2D eigenvalue weighted by molar-refractivity contribution is 0.101. The summed E-state index contributed by atoms with van der Waals surface area (Å²) in [6.45, 7) is 3.31. The minimum Gasteiger partial charge on any atom is -0.368 e. The summed E-state index contributed by atoms with van der Waals surface area (Å²) < 4.78 is 1.61. The zero-order valence-electron chi connectivity index (χ0n) is 17.0. The fourth-order valence-electron chi connectivity index (χ4n) is 3.54. The molecule has 0 radical (unpaired) electrons. The number of rotatable bonds is 5. The van der Waals surface area contributed by atoms with Gasteiger partial charge < -0.3 is 11.1 Å². The zero-order valence-corrected chi connectivity index (χ0v) is 17.7. The molecule has 0 aliphatic carbocycles. The standard InChI is InChI=1S/C23H20ClN5O2/c1-13(27-21-17(14(2)30)12-26-23(25)28-21)19-11-15-7-6-10-18(24)20(15)22(31)29(19)16-8-4-3-5-9-16/h3-13H,1-2H3,(H3,25,26,27,28)/t13-/m0/s1. The molecular weight excluding hydrogens is 414 g/mol. The van der Waals surface area contributed by atoms with Crippen LogP contribution in [0.4, 0.5) is 11.8 Å². The number of para-hydroxylation sites is 1. The van der Waals surface area contributed by atoms with Crippen LogP contribution in [0, 0.1) is 0 Å². The summed E-state index contributed by atoms with van der Waals surface area (Å²) in [6, 6.07) is 16.2. The van der Waals surface area contributed by atoms with Gasteiger partial charge in [0.05, 0.1) is 22.0 Å². The first-order valence-electron chi connectivity index (χ1n) is 9.66. The minimum atomic E-state index is -0.399. The Kier molecular flexibility index (Phi) is 5.44. The second-order valence-corrected chi connectivity index (χ2v) is 7.57. The van der Waals surface area contributed by atoms with E-state index in [2.05, 4.69) is 15.3 Å². The van der Waals surface area contributed by atoms with Crippen LogP contribution in [0.1, 0.15) is 35.9 Å².